The third-order valence-electron chi connectivity index (χ3n) is 11.9. The van der Waals surface area contributed by atoms with Crippen LogP contribution >= 0.6 is 0 Å². The molecule has 2 aromatic rings. The highest BCUT2D eigenvalue weighted by Gasteiger charge is 2.50. The Kier molecular flexibility index (Phi) is 28.4. The van der Waals surface area contributed by atoms with Crippen molar-refractivity contribution >= 4 is 42.8 Å². The number of carboxylic acid groups (broad SMARTS) is 1. The van der Waals surface area contributed by atoms with Gasteiger partial charge in [0.05, 0.1) is 13.2 Å². The molecule has 392 valence electrons. The fourth-order valence-electron chi connectivity index (χ4n) is 8.65. The summed E-state index contributed by atoms with van der Waals surface area (Å²) in [5.41, 5.74) is -1.29. The first-order chi connectivity index (χ1) is 33.1. The zero-order valence-electron chi connectivity index (χ0n) is 45.1. The van der Waals surface area contributed by atoms with Crippen molar-refractivity contribution in [3.05, 3.63) is 97.1 Å². The normalized spacial score (nSPS) is 13.4. The van der Waals surface area contributed by atoms with E-state index in [9.17, 15) is 19.2 Å². The number of unbranched alkanes of at least 4 members (excludes halogenated alkanes) is 4. The minimum atomic E-state index is -2.80. The minimum Gasteiger partial charge on any atom is -0.481 e. The minimum absolute atomic E-state index is 0.0283. The van der Waals surface area contributed by atoms with Gasteiger partial charge in [-0.25, -0.2) is 9.59 Å². The molecule has 2 atom stereocenters. The molecule has 12 heteroatoms. The first kappa shape index (κ1) is 61.4. The first-order valence-electron chi connectivity index (χ1n) is 26.2. The lowest BCUT2D eigenvalue weighted by Gasteiger charge is -2.43. The molecular formula is C58H92N2O9Si. The van der Waals surface area contributed by atoms with Gasteiger partial charge in [-0.05, 0) is 128 Å². The fraction of sp³-hybridized carbons (Fsp3) is 0.621. The largest absolute Gasteiger partial charge is 0.481 e. The van der Waals surface area contributed by atoms with E-state index >= 15 is 0 Å². The standard InChI is InChI=1S/C58H92N2O9Si/c1-12-34-48(36-26-20-16-14-18-22-32-42-52(61)62)59(54(64)68-56(3,4)5)44-46-66-53(63)43-33-23-19-15-17-21-27-37-49(35-13-2)60(55(65)69-57(6,7)8)45-47-67-70(58(9,10)11,50-38-28-24-29-39-50)51-40-30-25-31-41-51/h14-15,18-19,21,24-25,27-31,38-41,48-49H,12-13,16-17,20,22-23,26,32-37,42-47H2,1-11H3,(H,61,62)/b18-14-,19-15-,27-21-/t48-,49-/m0/s1. The van der Waals surface area contributed by atoms with Crippen LogP contribution in [0.3, 0.4) is 0 Å². The molecule has 0 radical (unpaired) electrons. The van der Waals surface area contributed by atoms with Crippen molar-refractivity contribution in [2.75, 3.05) is 26.3 Å². The van der Waals surface area contributed by atoms with Gasteiger partial charge in [0.2, 0.25) is 0 Å². The summed E-state index contributed by atoms with van der Waals surface area (Å²) in [7, 11) is -2.80. The van der Waals surface area contributed by atoms with Gasteiger partial charge in [0.1, 0.15) is 17.8 Å². The van der Waals surface area contributed by atoms with Crippen molar-refractivity contribution in [2.24, 2.45) is 0 Å². The average Bonchev–Trinajstić information content (AvgIpc) is 3.27. The summed E-state index contributed by atoms with van der Waals surface area (Å²) in [6.45, 7) is 23.4. The number of benzene rings is 2. The van der Waals surface area contributed by atoms with Crippen LogP contribution in [0.5, 0.6) is 0 Å². The van der Waals surface area contributed by atoms with E-state index < -0.39 is 31.6 Å². The van der Waals surface area contributed by atoms with Gasteiger partial charge in [-0.2, -0.15) is 0 Å². The third kappa shape index (κ3) is 24.0. The Labute approximate surface area is 424 Å². The van der Waals surface area contributed by atoms with E-state index in [1.165, 1.54) is 10.4 Å². The highest BCUT2D eigenvalue weighted by molar-refractivity contribution is 6.99. The van der Waals surface area contributed by atoms with E-state index in [2.05, 4.69) is 114 Å². The lowest BCUT2D eigenvalue weighted by molar-refractivity contribution is -0.144. The summed E-state index contributed by atoms with van der Waals surface area (Å²) in [5.74, 6) is -1.05. The number of aliphatic carboxylic acids is 1. The van der Waals surface area contributed by atoms with E-state index in [1.807, 2.05) is 64.7 Å². The van der Waals surface area contributed by atoms with Gasteiger partial charge in [0.15, 0.2) is 0 Å². The fourth-order valence-corrected chi connectivity index (χ4v) is 13.2. The number of carbonyl (C=O) groups excluding carboxylic acids is 3. The molecule has 0 spiro atoms. The predicted molar refractivity (Wildman–Crippen MR) is 288 cm³/mol. The quantitative estimate of drug-likeness (QED) is 0.0250. The molecule has 70 heavy (non-hydrogen) atoms. The molecule has 2 amide bonds. The number of rotatable bonds is 32. The molecule has 2 rings (SSSR count). The lowest BCUT2D eigenvalue weighted by atomic mass is 10.0. The van der Waals surface area contributed by atoms with Crippen LogP contribution in [-0.2, 0) is 28.2 Å². The molecule has 0 aliphatic carbocycles. The number of allylic oxidation sites excluding steroid dienone is 5. The summed E-state index contributed by atoms with van der Waals surface area (Å²) in [6.07, 6.45) is 23.7. The molecule has 11 nitrogen and oxygen atoms in total. The molecule has 0 saturated heterocycles. The number of hydrogen-bond acceptors (Lipinski definition) is 8. The van der Waals surface area contributed by atoms with Crippen molar-refractivity contribution in [3.8, 4) is 0 Å². The van der Waals surface area contributed by atoms with Crippen molar-refractivity contribution in [1.29, 1.82) is 0 Å². The topological polar surface area (TPSA) is 132 Å². The van der Waals surface area contributed by atoms with Crippen molar-refractivity contribution < 1.29 is 42.9 Å². The monoisotopic (exact) mass is 989 g/mol. The summed E-state index contributed by atoms with van der Waals surface area (Å²) in [5, 5.41) is 11.0. The van der Waals surface area contributed by atoms with Crippen LogP contribution in [0.25, 0.3) is 0 Å². The van der Waals surface area contributed by atoms with E-state index in [0.29, 0.717) is 32.4 Å². The molecular weight excluding hydrogens is 897 g/mol. The Morgan fingerprint density at radius 3 is 1.57 bits per heavy atom. The highest BCUT2D eigenvalue weighted by Crippen LogP contribution is 2.37. The molecule has 2 aromatic carbocycles. The van der Waals surface area contributed by atoms with Crippen molar-refractivity contribution in [1.82, 2.24) is 9.80 Å². The van der Waals surface area contributed by atoms with Crippen LogP contribution < -0.4 is 10.4 Å². The number of carboxylic acids is 1. The van der Waals surface area contributed by atoms with Crippen LogP contribution in [-0.4, -0.2) is 96.9 Å². The molecule has 0 heterocycles. The molecule has 0 bridgehead atoms. The van der Waals surface area contributed by atoms with Crippen LogP contribution in [0.2, 0.25) is 5.04 Å². The predicted octanol–water partition coefficient (Wildman–Crippen LogP) is 13.4. The third-order valence-corrected chi connectivity index (χ3v) is 16.9. The van der Waals surface area contributed by atoms with Gasteiger partial charge in [0.25, 0.3) is 8.32 Å². The van der Waals surface area contributed by atoms with Crippen LogP contribution in [0, 0.1) is 0 Å². The molecule has 0 fully saturated rings. The van der Waals surface area contributed by atoms with Gasteiger partial charge < -0.3 is 33.5 Å². The second-order valence-corrected chi connectivity index (χ2v) is 25.6. The van der Waals surface area contributed by atoms with Gasteiger partial charge in [-0.3, -0.25) is 9.59 Å². The van der Waals surface area contributed by atoms with E-state index in [4.69, 9.17) is 23.7 Å². The highest BCUT2D eigenvalue weighted by atomic mass is 28.4. The van der Waals surface area contributed by atoms with E-state index in [0.717, 1.165) is 70.6 Å². The van der Waals surface area contributed by atoms with E-state index in [-0.39, 0.29) is 55.2 Å². The maximum atomic E-state index is 13.9. The molecule has 0 aromatic heterocycles. The van der Waals surface area contributed by atoms with Gasteiger partial charge in [-0.1, -0.05) is 151 Å². The Balaban J connectivity index is 1.98. The number of amides is 2. The van der Waals surface area contributed by atoms with E-state index in [1.54, 1.807) is 4.90 Å². The number of esters is 1. The zero-order valence-corrected chi connectivity index (χ0v) is 46.1. The smallest absolute Gasteiger partial charge is 0.410 e. The maximum Gasteiger partial charge on any atom is 0.410 e. The molecule has 0 aliphatic rings. The second-order valence-electron chi connectivity index (χ2n) is 21.3. The summed E-state index contributed by atoms with van der Waals surface area (Å²) < 4.78 is 24.6. The molecule has 0 aliphatic heterocycles. The molecule has 0 unspecified atom stereocenters. The van der Waals surface area contributed by atoms with Gasteiger partial charge in [0, 0.05) is 31.5 Å². The van der Waals surface area contributed by atoms with Crippen LogP contribution in [0.15, 0.2) is 97.1 Å². The Morgan fingerprint density at radius 1 is 0.586 bits per heavy atom. The summed E-state index contributed by atoms with van der Waals surface area (Å²) in [6, 6.07) is 21.0. The summed E-state index contributed by atoms with van der Waals surface area (Å²) in [4.78, 5) is 54.4. The van der Waals surface area contributed by atoms with Crippen molar-refractivity contribution in [3.63, 3.8) is 0 Å². The number of nitrogens with zero attached hydrogens (tertiary/aromatic N) is 2. The van der Waals surface area contributed by atoms with Crippen LogP contribution in [0.1, 0.15) is 179 Å². The Morgan fingerprint density at radius 2 is 1.06 bits per heavy atom. The van der Waals surface area contributed by atoms with Gasteiger partial charge in [-0.15, -0.1) is 0 Å². The zero-order chi connectivity index (χ0) is 52.1. The Hall–Kier alpha value is -4.68. The number of ether oxygens (including phenoxy) is 3. The molecule has 0 saturated carbocycles. The van der Waals surface area contributed by atoms with Crippen LogP contribution in [0.4, 0.5) is 9.59 Å². The number of carbonyl (C=O) groups is 4. The van der Waals surface area contributed by atoms with Gasteiger partial charge >= 0.3 is 24.1 Å². The number of hydrogen-bond donors (Lipinski definition) is 1. The SMILES string of the molecule is CCC[C@@H](CCCC/C=C\CCCC(=O)O)N(CCOC(=O)CCC/C=C\C/C=C\C[C@H](CCC)N(CCO[Si](c1ccccc1)(c1ccccc1)C(C)(C)C)C(=O)OC(C)(C)C)C(=O)OC(C)(C)C. The second kappa shape index (κ2) is 32.3. The van der Waals surface area contributed by atoms with Crippen molar-refractivity contribution in [2.45, 2.75) is 207 Å². The molecule has 1 N–H and O–H groups in total. The average molecular weight is 989 g/mol. The lowest BCUT2D eigenvalue weighted by Crippen LogP contribution is -2.67. The summed E-state index contributed by atoms with van der Waals surface area (Å²) >= 11 is 0. The first-order valence-corrected chi connectivity index (χ1v) is 28.1. The maximum absolute atomic E-state index is 13.9. The Bertz CT molecular complexity index is 1840.